The molecule has 1 saturated heterocycles. The second-order valence-electron chi connectivity index (χ2n) is 6.96. The summed E-state index contributed by atoms with van der Waals surface area (Å²) in [6, 6.07) is 21.4. The van der Waals surface area contributed by atoms with Gasteiger partial charge in [-0.25, -0.2) is 0 Å². The summed E-state index contributed by atoms with van der Waals surface area (Å²) < 4.78 is 0. The second-order valence-corrected chi connectivity index (χ2v) is 6.96. The molecule has 0 saturated carbocycles. The van der Waals surface area contributed by atoms with Gasteiger partial charge in [0.25, 0.3) is 11.7 Å². The molecule has 3 aromatic carbocycles. The Morgan fingerprint density at radius 2 is 1.48 bits per heavy atom. The second kappa shape index (κ2) is 7.28. The number of phenolic OH excluding ortho intramolecular Hbond substituents is 1. The van der Waals surface area contributed by atoms with Gasteiger partial charge in [0.15, 0.2) is 0 Å². The molecule has 0 radical (unpaired) electrons. The molecule has 4 rings (SSSR count). The number of amides is 1. The van der Waals surface area contributed by atoms with Crippen LogP contribution >= 0.6 is 0 Å². The minimum absolute atomic E-state index is 0.0208. The Kier molecular flexibility index (Phi) is 4.64. The highest BCUT2D eigenvalue weighted by molar-refractivity contribution is 6.51. The zero-order chi connectivity index (χ0) is 20.5. The van der Waals surface area contributed by atoms with E-state index in [1.165, 1.54) is 17.0 Å². The number of aromatic hydroxyl groups is 1. The van der Waals surface area contributed by atoms with Gasteiger partial charge < -0.3 is 10.2 Å². The molecule has 1 heterocycles. The SMILES string of the molecule is Cc1ccc(N2C(=O)C(=O)/C(=C(/O)c3ccccc3)C2c2ccc(O)cc2)cc1. The van der Waals surface area contributed by atoms with Gasteiger partial charge >= 0.3 is 0 Å². The van der Waals surface area contributed by atoms with Crippen molar-refractivity contribution in [1.82, 2.24) is 0 Å². The van der Waals surface area contributed by atoms with E-state index in [0.29, 0.717) is 16.8 Å². The lowest BCUT2D eigenvalue weighted by Crippen LogP contribution is -2.29. The number of Topliss-reactive ketones (excluding diaryl/α,β-unsaturated/α-hetero) is 1. The number of hydrogen-bond donors (Lipinski definition) is 2. The molecule has 1 amide bonds. The number of hydrogen-bond acceptors (Lipinski definition) is 4. The molecule has 5 nitrogen and oxygen atoms in total. The molecule has 0 aromatic heterocycles. The fraction of sp³-hybridized carbons (Fsp3) is 0.0833. The maximum atomic E-state index is 13.0. The Balaban J connectivity index is 1.94. The number of nitrogens with zero attached hydrogens (tertiary/aromatic N) is 1. The van der Waals surface area contributed by atoms with E-state index in [-0.39, 0.29) is 17.1 Å². The van der Waals surface area contributed by atoms with Gasteiger partial charge in [0.05, 0.1) is 11.6 Å². The van der Waals surface area contributed by atoms with Crippen LogP contribution in [0, 0.1) is 6.92 Å². The molecule has 3 aromatic rings. The Bertz CT molecular complexity index is 1100. The number of anilines is 1. The number of ketones is 1. The first-order valence-electron chi connectivity index (χ1n) is 9.19. The Hall–Kier alpha value is -3.86. The van der Waals surface area contributed by atoms with Crippen LogP contribution in [0.3, 0.4) is 0 Å². The van der Waals surface area contributed by atoms with E-state index < -0.39 is 17.7 Å². The van der Waals surface area contributed by atoms with Gasteiger partial charge in [-0.15, -0.1) is 0 Å². The number of aryl methyl sites for hydroxylation is 1. The zero-order valence-electron chi connectivity index (χ0n) is 15.7. The Morgan fingerprint density at radius 3 is 2.10 bits per heavy atom. The zero-order valence-corrected chi connectivity index (χ0v) is 15.7. The number of carbonyl (C=O) groups excluding carboxylic acids is 2. The first-order chi connectivity index (χ1) is 14.0. The van der Waals surface area contributed by atoms with Crippen molar-refractivity contribution < 1.29 is 19.8 Å². The maximum absolute atomic E-state index is 13.0. The largest absolute Gasteiger partial charge is 0.508 e. The molecular formula is C24H19NO4. The van der Waals surface area contributed by atoms with Gasteiger partial charge in [-0.05, 0) is 36.8 Å². The molecule has 0 spiro atoms. The van der Waals surface area contributed by atoms with Crippen LogP contribution in [0.2, 0.25) is 0 Å². The normalized spacial score (nSPS) is 18.2. The predicted molar refractivity (Wildman–Crippen MR) is 111 cm³/mol. The van der Waals surface area contributed by atoms with Gasteiger partial charge in [-0.3, -0.25) is 14.5 Å². The Labute approximate surface area is 168 Å². The van der Waals surface area contributed by atoms with Crippen molar-refractivity contribution in [2.45, 2.75) is 13.0 Å². The van der Waals surface area contributed by atoms with E-state index in [9.17, 15) is 19.8 Å². The van der Waals surface area contributed by atoms with Crippen LogP contribution < -0.4 is 4.90 Å². The van der Waals surface area contributed by atoms with Crippen molar-refractivity contribution in [1.29, 1.82) is 0 Å². The number of benzene rings is 3. The molecule has 1 aliphatic heterocycles. The number of phenols is 1. The number of rotatable bonds is 3. The summed E-state index contributed by atoms with van der Waals surface area (Å²) >= 11 is 0. The molecular weight excluding hydrogens is 366 g/mol. The summed E-state index contributed by atoms with van der Waals surface area (Å²) in [6.45, 7) is 1.94. The van der Waals surface area contributed by atoms with Crippen LogP contribution in [-0.2, 0) is 9.59 Å². The molecule has 1 fully saturated rings. The smallest absolute Gasteiger partial charge is 0.300 e. The van der Waals surface area contributed by atoms with Gasteiger partial charge in [-0.2, -0.15) is 0 Å². The summed E-state index contributed by atoms with van der Waals surface area (Å²) in [6.07, 6.45) is 0. The van der Waals surface area contributed by atoms with Crippen molar-refractivity contribution in [3.05, 3.63) is 101 Å². The molecule has 144 valence electrons. The molecule has 2 N–H and O–H groups in total. The first-order valence-corrected chi connectivity index (χ1v) is 9.19. The van der Waals surface area contributed by atoms with E-state index in [1.54, 1.807) is 54.6 Å². The van der Waals surface area contributed by atoms with Crippen molar-refractivity contribution in [3.63, 3.8) is 0 Å². The van der Waals surface area contributed by atoms with Gasteiger partial charge in [0.2, 0.25) is 0 Å². The first kappa shape index (κ1) is 18.5. The minimum atomic E-state index is -0.807. The highest BCUT2D eigenvalue weighted by atomic mass is 16.3. The third-order valence-corrected chi connectivity index (χ3v) is 5.01. The summed E-state index contributed by atoms with van der Waals surface area (Å²) in [5, 5.41) is 20.6. The standard InChI is InChI=1S/C24H19NO4/c1-15-7-11-18(12-8-15)25-21(16-9-13-19(26)14-10-16)20(23(28)24(25)29)22(27)17-5-3-2-4-6-17/h2-14,21,26-27H,1H3/b22-20+. The van der Waals surface area contributed by atoms with Gasteiger partial charge in [0, 0.05) is 11.3 Å². The quantitative estimate of drug-likeness (QED) is 0.400. The number of carbonyl (C=O) groups is 2. The average Bonchev–Trinajstić information content (AvgIpc) is 3.00. The highest BCUT2D eigenvalue weighted by Crippen LogP contribution is 2.42. The molecule has 0 bridgehead atoms. The Morgan fingerprint density at radius 1 is 0.862 bits per heavy atom. The third kappa shape index (κ3) is 3.27. The van der Waals surface area contributed by atoms with E-state index in [1.807, 2.05) is 19.1 Å². The lowest BCUT2D eigenvalue weighted by Gasteiger charge is -2.25. The molecule has 29 heavy (non-hydrogen) atoms. The summed E-state index contributed by atoms with van der Waals surface area (Å²) in [5.74, 6) is -1.60. The molecule has 1 unspecified atom stereocenters. The van der Waals surface area contributed by atoms with Crippen molar-refractivity contribution in [2.24, 2.45) is 0 Å². The van der Waals surface area contributed by atoms with Crippen molar-refractivity contribution in [2.75, 3.05) is 4.90 Å². The maximum Gasteiger partial charge on any atom is 0.300 e. The van der Waals surface area contributed by atoms with Crippen LogP contribution in [-0.4, -0.2) is 21.9 Å². The van der Waals surface area contributed by atoms with Gasteiger partial charge in [0.1, 0.15) is 11.5 Å². The molecule has 5 heteroatoms. The minimum Gasteiger partial charge on any atom is -0.508 e. The van der Waals surface area contributed by atoms with Crippen LogP contribution in [0.5, 0.6) is 5.75 Å². The van der Waals surface area contributed by atoms with E-state index in [2.05, 4.69) is 0 Å². The van der Waals surface area contributed by atoms with Crippen LogP contribution in [0.1, 0.15) is 22.7 Å². The predicted octanol–water partition coefficient (Wildman–Crippen LogP) is 4.33. The van der Waals surface area contributed by atoms with Crippen molar-refractivity contribution >= 4 is 23.1 Å². The van der Waals surface area contributed by atoms with E-state index in [4.69, 9.17) is 0 Å². The fourth-order valence-corrected chi connectivity index (χ4v) is 3.53. The van der Waals surface area contributed by atoms with Crippen molar-refractivity contribution in [3.8, 4) is 5.75 Å². The number of aliphatic hydroxyl groups is 1. The molecule has 0 aliphatic carbocycles. The van der Waals surface area contributed by atoms with Crippen LogP contribution in [0.4, 0.5) is 5.69 Å². The molecule has 1 aliphatic rings. The summed E-state index contributed by atoms with van der Waals surface area (Å²) in [7, 11) is 0. The van der Waals surface area contributed by atoms with Crippen LogP contribution in [0.15, 0.2) is 84.4 Å². The van der Waals surface area contributed by atoms with E-state index in [0.717, 1.165) is 5.56 Å². The van der Waals surface area contributed by atoms with E-state index >= 15 is 0 Å². The lowest BCUT2D eigenvalue weighted by molar-refractivity contribution is -0.132. The summed E-state index contributed by atoms with van der Waals surface area (Å²) in [4.78, 5) is 27.3. The fourth-order valence-electron chi connectivity index (χ4n) is 3.53. The van der Waals surface area contributed by atoms with Crippen LogP contribution in [0.25, 0.3) is 5.76 Å². The summed E-state index contributed by atoms with van der Waals surface area (Å²) in [5.41, 5.74) is 2.67. The van der Waals surface area contributed by atoms with Gasteiger partial charge in [-0.1, -0.05) is 60.2 Å². The monoisotopic (exact) mass is 385 g/mol. The molecule has 1 atom stereocenters. The lowest BCUT2D eigenvalue weighted by atomic mass is 9.95. The topological polar surface area (TPSA) is 77.8 Å². The third-order valence-electron chi connectivity index (χ3n) is 5.01. The highest BCUT2D eigenvalue weighted by Gasteiger charge is 2.46. The number of aliphatic hydroxyl groups excluding tert-OH is 1. The average molecular weight is 385 g/mol.